The van der Waals surface area contributed by atoms with Crippen LogP contribution in [-0.4, -0.2) is 17.2 Å². The third-order valence-electron chi connectivity index (χ3n) is 3.20. The summed E-state index contributed by atoms with van der Waals surface area (Å²) in [7, 11) is -1.35. The highest BCUT2D eigenvalue weighted by atomic mass is 16.4. The Hall–Kier alpha value is -0.795. The van der Waals surface area contributed by atoms with Crippen LogP contribution < -0.4 is 5.46 Å². The van der Waals surface area contributed by atoms with Crippen LogP contribution in [0.2, 0.25) is 0 Å². The first-order chi connectivity index (χ1) is 6.53. The topological polar surface area (TPSA) is 40.5 Å². The predicted octanol–water partition coefficient (Wildman–Crippen LogP) is 0.726. The van der Waals surface area contributed by atoms with Gasteiger partial charge in [0, 0.05) is 0 Å². The van der Waals surface area contributed by atoms with Crippen molar-refractivity contribution in [3.63, 3.8) is 0 Å². The zero-order valence-electron chi connectivity index (χ0n) is 8.62. The van der Waals surface area contributed by atoms with Gasteiger partial charge in [-0.1, -0.05) is 25.1 Å². The minimum Gasteiger partial charge on any atom is -0.423 e. The lowest BCUT2D eigenvalue weighted by molar-refractivity contribution is 0.425. The van der Waals surface area contributed by atoms with E-state index in [1.165, 1.54) is 18.4 Å². The molecule has 1 fully saturated rings. The monoisotopic (exact) mass is 190 g/mol. The van der Waals surface area contributed by atoms with Crippen molar-refractivity contribution in [1.29, 1.82) is 0 Å². The smallest absolute Gasteiger partial charge is 0.423 e. The molecular formula is C11H15BO2. The van der Waals surface area contributed by atoms with Crippen molar-refractivity contribution in [2.75, 3.05) is 0 Å². The van der Waals surface area contributed by atoms with E-state index in [2.05, 4.69) is 6.92 Å². The summed E-state index contributed by atoms with van der Waals surface area (Å²) in [6, 6.07) is 5.69. The second-order valence-electron chi connectivity index (χ2n) is 4.51. The van der Waals surface area contributed by atoms with Crippen LogP contribution >= 0.6 is 0 Å². The number of benzene rings is 1. The number of hydrogen-bond acceptors (Lipinski definition) is 2. The fourth-order valence-corrected chi connectivity index (χ4v) is 1.98. The molecule has 0 heterocycles. The predicted molar refractivity (Wildman–Crippen MR) is 57.6 cm³/mol. The van der Waals surface area contributed by atoms with Crippen molar-refractivity contribution in [3.05, 3.63) is 29.3 Å². The van der Waals surface area contributed by atoms with Crippen LogP contribution in [0.5, 0.6) is 0 Å². The van der Waals surface area contributed by atoms with Crippen molar-refractivity contribution in [2.24, 2.45) is 0 Å². The van der Waals surface area contributed by atoms with Gasteiger partial charge in [0.1, 0.15) is 0 Å². The minimum atomic E-state index is -1.35. The van der Waals surface area contributed by atoms with Crippen LogP contribution in [0, 0.1) is 6.92 Å². The highest BCUT2D eigenvalue weighted by Gasteiger charge is 2.39. The Morgan fingerprint density at radius 3 is 2.36 bits per heavy atom. The van der Waals surface area contributed by atoms with E-state index in [4.69, 9.17) is 10.0 Å². The molecule has 0 unspecified atom stereocenters. The molecule has 74 valence electrons. The van der Waals surface area contributed by atoms with Gasteiger partial charge in [0.05, 0.1) is 0 Å². The van der Waals surface area contributed by atoms with Gasteiger partial charge in [-0.25, -0.2) is 0 Å². The molecule has 2 N–H and O–H groups in total. The van der Waals surface area contributed by atoms with Gasteiger partial charge in [-0.05, 0) is 41.8 Å². The number of hydrogen-bond donors (Lipinski definition) is 2. The third kappa shape index (κ3) is 1.58. The highest BCUT2D eigenvalue weighted by molar-refractivity contribution is 6.58. The molecule has 1 aliphatic carbocycles. The van der Waals surface area contributed by atoms with Crippen molar-refractivity contribution in [3.8, 4) is 0 Å². The summed E-state index contributed by atoms with van der Waals surface area (Å²) in [5, 5.41) is 18.0. The highest BCUT2D eigenvalue weighted by Crippen LogP contribution is 2.48. The Labute approximate surface area is 84.7 Å². The van der Waals surface area contributed by atoms with E-state index in [9.17, 15) is 0 Å². The summed E-state index contributed by atoms with van der Waals surface area (Å²) < 4.78 is 0. The Kier molecular flexibility index (Phi) is 2.16. The lowest BCUT2D eigenvalue weighted by Crippen LogP contribution is -2.30. The molecule has 3 heteroatoms. The molecular weight excluding hydrogens is 175 g/mol. The molecule has 1 aliphatic rings. The van der Waals surface area contributed by atoms with Crippen LogP contribution in [0.1, 0.15) is 30.9 Å². The summed E-state index contributed by atoms with van der Waals surface area (Å²) in [6.07, 6.45) is 2.49. The molecule has 0 amide bonds. The second kappa shape index (κ2) is 3.11. The van der Waals surface area contributed by atoms with Crippen molar-refractivity contribution in [1.82, 2.24) is 0 Å². The first-order valence-electron chi connectivity index (χ1n) is 5.00. The Balaban J connectivity index is 2.37. The Morgan fingerprint density at radius 1 is 1.29 bits per heavy atom. The molecule has 0 bridgehead atoms. The fourth-order valence-electron chi connectivity index (χ4n) is 1.98. The molecule has 1 aromatic rings. The molecule has 14 heavy (non-hydrogen) atoms. The SMILES string of the molecule is Cc1cc(B(O)O)ccc1C1(C)CC1. The molecule has 2 nitrogen and oxygen atoms in total. The van der Waals surface area contributed by atoms with Gasteiger partial charge in [0.25, 0.3) is 0 Å². The van der Waals surface area contributed by atoms with E-state index in [1.807, 2.05) is 19.1 Å². The number of aryl methyl sites for hydroxylation is 1. The molecule has 1 saturated carbocycles. The molecule has 1 aromatic carbocycles. The van der Waals surface area contributed by atoms with E-state index < -0.39 is 7.12 Å². The van der Waals surface area contributed by atoms with E-state index >= 15 is 0 Å². The van der Waals surface area contributed by atoms with Gasteiger partial charge in [-0.2, -0.15) is 0 Å². The summed E-state index contributed by atoms with van der Waals surface area (Å²) in [4.78, 5) is 0. The van der Waals surface area contributed by atoms with Crippen molar-refractivity contribution < 1.29 is 10.0 Å². The van der Waals surface area contributed by atoms with Gasteiger partial charge < -0.3 is 10.0 Å². The van der Waals surface area contributed by atoms with Gasteiger partial charge in [0.2, 0.25) is 0 Å². The average molecular weight is 190 g/mol. The first kappa shape index (κ1) is 9.75. The molecule has 0 aliphatic heterocycles. The maximum Gasteiger partial charge on any atom is 0.488 e. The fraction of sp³-hybridized carbons (Fsp3) is 0.455. The first-order valence-corrected chi connectivity index (χ1v) is 5.00. The summed E-state index contributed by atoms with van der Waals surface area (Å²) in [5.41, 5.74) is 3.44. The van der Waals surface area contributed by atoms with Gasteiger partial charge >= 0.3 is 7.12 Å². The Bertz CT molecular complexity index is 356. The lowest BCUT2D eigenvalue weighted by Gasteiger charge is -2.13. The molecule has 0 spiro atoms. The van der Waals surface area contributed by atoms with Crippen LogP contribution in [0.4, 0.5) is 0 Å². The van der Waals surface area contributed by atoms with Crippen LogP contribution in [0.15, 0.2) is 18.2 Å². The van der Waals surface area contributed by atoms with Crippen molar-refractivity contribution in [2.45, 2.75) is 32.1 Å². The normalized spacial score (nSPS) is 18.0. The third-order valence-corrected chi connectivity index (χ3v) is 3.20. The Morgan fingerprint density at radius 2 is 1.93 bits per heavy atom. The van der Waals surface area contributed by atoms with Gasteiger partial charge in [0.15, 0.2) is 0 Å². The minimum absolute atomic E-state index is 0.350. The standard InChI is InChI=1S/C11H15BO2/c1-8-7-9(12(13)14)3-4-10(8)11(2)5-6-11/h3-4,7,13-14H,5-6H2,1-2H3. The van der Waals surface area contributed by atoms with E-state index in [-0.39, 0.29) is 0 Å². The van der Waals surface area contributed by atoms with Crippen LogP contribution in [0.25, 0.3) is 0 Å². The zero-order valence-corrected chi connectivity index (χ0v) is 8.62. The van der Waals surface area contributed by atoms with Crippen LogP contribution in [-0.2, 0) is 5.41 Å². The van der Waals surface area contributed by atoms with E-state index in [0.29, 0.717) is 10.9 Å². The lowest BCUT2D eigenvalue weighted by atomic mass is 9.78. The van der Waals surface area contributed by atoms with Gasteiger partial charge in [-0.15, -0.1) is 0 Å². The molecule has 0 aromatic heterocycles. The average Bonchev–Trinajstić information content (AvgIpc) is 2.84. The van der Waals surface area contributed by atoms with Crippen LogP contribution in [0.3, 0.4) is 0 Å². The largest absolute Gasteiger partial charge is 0.488 e. The van der Waals surface area contributed by atoms with E-state index in [1.54, 1.807) is 6.07 Å². The number of rotatable bonds is 2. The second-order valence-corrected chi connectivity index (χ2v) is 4.51. The maximum absolute atomic E-state index is 9.01. The van der Waals surface area contributed by atoms with E-state index in [0.717, 1.165) is 5.56 Å². The van der Waals surface area contributed by atoms with Crippen molar-refractivity contribution >= 4 is 12.6 Å². The molecule has 2 rings (SSSR count). The zero-order chi connectivity index (χ0) is 10.3. The van der Waals surface area contributed by atoms with Gasteiger partial charge in [-0.3, -0.25) is 0 Å². The molecule has 0 atom stereocenters. The summed E-state index contributed by atoms with van der Waals surface area (Å²) >= 11 is 0. The quantitative estimate of drug-likeness (QED) is 0.674. The summed E-state index contributed by atoms with van der Waals surface area (Å²) in [6.45, 7) is 4.29. The maximum atomic E-state index is 9.01. The summed E-state index contributed by atoms with van der Waals surface area (Å²) in [5.74, 6) is 0. The molecule has 0 radical (unpaired) electrons. The molecule has 0 saturated heterocycles.